The van der Waals surface area contributed by atoms with Gasteiger partial charge in [-0.25, -0.2) is 4.98 Å². The monoisotopic (exact) mass is 718 g/mol. The number of hydrogen-bond acceptors (Lipinski definition) is 10. The van der Waals surface area contributed by atoms with E-state index in [9.17, 15) is 4.79 Å². The largest absolute Gasteiger partial charge is 0.414 e. The molecule has 0 aliphatic carbocycles. The predicted molar refractivity (Wildman–Crippen MR) is 198 cm³/mol. The van der Waals surface area contributed by atoms with Crippen molar-refractivity contribution in [2.45, 2.75) is 141 Å². The van der Waals surface area contributed by atoms with Crippen LogP contribution in [0.3, 0.4) is 0 Å². The zero-order valence-electron chi connectivity index (χ0n) is 31.7. The predicted octanol–water partition coefficient (Wildman–Crippen LogP) is 7.11. The van der Waals surface area contributed by atoms with Gasteiger partial charge in [0.2, 0.25) is 5.95 Å². The molecule has 4 heterocycles. The molecule has 48 heavy (non-hydrogen) atoms. The molecule has 1 saturated heterocycles. The Morgan fingerprint density at radius 3 is 1.94 bits per heavy atom. The third-order valence-electron chi connectivity index (χ3n) is 10.8. The van der Waals surface area contributed by atoms with Gasteiger partial charge >= 0.3 is 0 Å². The summed E-state index contributed by atoms with van der Waals surface area (Å²) in [4.78, 5) is 31.9. The van der Waals surface area contributed by atoms with Gasteiger partial charge in [-0.3, -0.25) is 9.36 Å². The lowest BCUT2D eigenvalue weighted by Gasteiger charge is -2.44. The fourth-order valence-electron chi connectivity index (χ4n) is 4.61. The van der Waals surface area contributed by atoms with E-state index in [0.717, 1.165) is 4.73 Å². The number of nitrogens with zero attached hydrogens (tertiary/aromatic N) is 5. The first-order valence-electron chi connectivity index (χ1n) is 16.8. The Kier molecular flexibility index (Phi) is 10.4. The summed E-state index contributed by atoms with van der Waals surface area (Å²) in [5.41, 5.74) is 6.59. The van der Waals surface area contributed by atoms with Gasteiger partial charge in [-0.05, 0) is 60.5 Å². The maximum Gasteiger partial charge on any atom is 0.283 e. The SMILES string of the molecule is CC(C)(C)[Si](C)(C)OC[C@H]1O[C@@H](n2cnc3c(On4ccccc4=O)nc(N)nc32)[C@H](O[Si](C)(C)C(C)(C)C)[C@@H]1O[Si](C)(C)C(C)(C)C. The lowest BCUT2D eigenvalue weighted by Crippen LogP contribution is -2.54. The van der Waals surface area contributed by atoms with Gasteiger partial charge in [0.05, 0.1) is 12.9 Å². The normalized spacial score (nSPS) is 21.6. The van der Waals surface area contributed by atoms with Gasteiger partial charge in [-0.1, -0.05) is 68.4 Å². The third-order valence-corrected chi connectivity index (χ3v) is 24.3. The zero-order valence-corrected chi connectivity index (χ0v) is 34.7. The minimum Gasteiger partial charge on any atom is -0.414 e. The summed E-state index contributed by atoms with van der Waals surface area (Å²) in [5, 5.41) is -0.116. The van der Waals surface area contributed by atoms with Crippen molar-refractivity contribution >= 4 is 42.1 Å². The van der Waals surface area contributed by atoms with Crippen LogP contribution in [0.2, 0.25) is 54.4 Å². The number of pyridine rings is 1. The number of nitrogen functional groups attached to an aromatic ring is 1. The molecule has 1 fully saturated rings. The summed E-state index contributed by atoms with van der Waals surface area (Å²) in [6, 6.07) is 4.71. The third kappa shape index (κ3) is 7.81. The Hall–Kier alpha value is -2.41. The van der Waals surface area contributed by atoms with Gasteiger partial charge in [0, 0.05) is 12.3 Å². The molecule has 0 bridgehead atoms. The van der Waals surface area contributed by atoms with E-state index in [-0.39, 0.29) is 32.5 Å². The molecule has 268 valence electrons. The first-order chi connectivity index (χ1) is 21.8. The highest BCUT2D eigenvalue weighted by Crippen LogP contribution is 2.47. The van der Waals surface area contributed by atoms with Crippen LogP contribution < -0.4 is 16.1 Å². The molecule has 0 unspecified atom stereocenters. The summed E-state index contributed by atoms with van der Waals surface area (Å²) in [6.45, 7) is 33.9. The van der Waals surface area contributed by atoms with Crippen LogP contribution in [0.1, 0.15) is 68.5 Å². The van der Waals surface area contributed by atoms with Crippen molar-refractivity contribution in [1.82, 2.24) is 24.2 Å². The van der Waals surface area contributed by atoms with Crippen LogP contribution in [-0.4, -0.2) is 74.1 Å². The van der Waals surface area contributed by atoms with Crippen LogP contribution >= 0.6 is 0 Å². The van der Waals surface area contributed by atoms with E-state index in [0.29, 0.717) is 17.8 Å². The summed E-state index contributed by atoms with van der Waals surface area (Å²) in [6.07, 6.45) is 1.11. The first kappa shape index (κ1) is 38.4. The smallest absolute Gasteiger partial charge is 0.283 e. The van der Waals surface area contributed by atoms with Crippen LogP contribution in [0.15, 0.2) is 35.5 Å². The van der Waals surface area contributed by atoms with Crippen molar-refractivity contribution in [2.24, 2.45) is 0 Å². The molecule has 0 saturated carbocycles. The quantitative estimate of drug-likeness (QED) is 0.216. The number of ether oxygens (including phenoxy) is 1. The van der Waals surface area contributed by atoms with Gasteiger partial charge < -0.3 is 28.6 Å². The second-order valence-electron chi connectivity index (χ2n) is 17.5. The molecule has 15 heteroatoms. The van der Waals surface area contributed by atoms with E-state index in [4.69, 9.17) is 28.6 Å². The molecule has 3 aromatic heterocycles. The summed E-state index contributed by atoms with van der Waals surface area (Å²) >= 11 is 0. The van der Waals surface area contributed by atoms with Crippen molar-refractivity contribution in [1.29, 1.82) is 0 Å². The molecule has 0 aromatic carbocycles. The molecule has 2 N–H and O–H groups in total. The second-order valence-corrected chi connectivity index (χ2v) is 31.8. The maximum atomic E-state index is 12.5. The van der Waals surface area contributed by atoms with E-state index in [2.05, 4.69) is 117 Å². The average molecular weight is 719 g/mol. The number of imidazole rings is 1. The average Bonchev–Trinajstić information content (AvgIpc) is 3.47. The minimum atomic E-state index is -2.38. The van der Waals surface area contributed by atoms with Crippen molar-refractivity contribution in [3.05, 3.63) is 41.1 Å². The van der Waals surface area contributed by atoms with Gasteiger partial charge in [0.15, 0.2) is 42.3 Å². The summed E-state index contributed by atoms with van der Waals surface area (Å²) in [5.74, 6) is 0.0197. The molecular weight excluding hydrogens is 661 g/mol. The van der Waals surface area contributed by atoms with E-state index in [1.807, 2.05) is 4.57 Å². The Balaban J connectivity index is 1.87. The molecule has 4 atom stereocenters. The standard InChI is InChI=1S/C33H58N6O6Si3/c1-31(2,3)46(10,11)41-20-22-25(44-47(12,13)32(4,5)6)26(45-48(14,15)33(7,8)9)29(42-22)38-21-35-24-27(38)36-30(34)37-28(24)43-39-19-17-16-18-23(39)40/h16-19,21-22,25-26,29H,20H2,1-15H3,(H2,34,36,37)/t22-,25-,26-,29-/m1/s1. The molecule has 0 amide bonds. The Morgan fingerprint density at radius 2 is 1.40 bits per heavy atom. The lowest BCUT2D eigenvalue weighted by atomic mass is 10.1. The number of aromatic nitrogens is 5. The minimum absolute atomic E-state index is 0.0178. The van der Waals surface area contributed by atoms with E-state index >= 15 is 0 Å². The maximum absolute atomic E-state index is 12.5. The molecule has 0 radical (unpaired) electrons. The van der Waals surface area contributed by atoms with E-state index in [1.54, 1.807) is 18.5 Å². The van der Waals surface area contributed by atoms with Crippen LogP contribution in [0.5, 0.6) is 5.88 Å². The molecule has 1 aliphatic rings. The highest BCUT2D eigenvalue weighted by molar-refractivity contribution is 6.75. The summed E-state index contributed by atoms with van der Waals surface area (Å²) in [7, 11) is -6.86. The number of rotatable bonds is 10. The van der Waals surface area contributed by atoms with Crippen molar-refractivity contribution in [2.75, 3.05) is 12.3 Å². The van der Waals surface area contributed by atoms with E-state index < -0.39 is 49.5 Å². The molecule has 4 rings (SSSR count). The molecule has 3 aromatic rings. The molecular formula is C33H58N6O6Si3. The Labute approximate surface area is 289 Å². The second kappa shape index (κ2) is 13.0. The number of nitrogens with two attached hydrogens (primary N) is 1. The Morgan fingerprint density at radius 1 is 0.833 bits per heavy atom. The van der Waals surface area contributed by atoms with Crippen molar-refractivity contribution < 1.29 is 22.9 Å². The molecule has 1 aliphatic heterocycles. The summed E-state index contributed by atoms with van der Waals surface area (Å²) < 4.78 is 31.3. The van der Waals surface area contributed by atoms with Gasteiger partial charge in [0.1, 0.15) is 18.3 Å². The first-order valence-corrected chi connectivity index (χ1v) is 25.5. The zero-order chi connectivity index (χ0) is 36.3. The van der Waals surface area contributed by atoms with Crippen LogP contribution in [-0.2, 0) is 18.0 Å². The van der Waals surface area contributed by atoms with Crippen molar-refractivity contribution in [3.63, 3.8) is 0 Å². The molecule has 0 spiro atoms. The van der Waals surface area contributed by atoms with Gasteiger partial charge in [-0.15, -0.1) is 4.73 Å². The van der Waals surface area contributed by atoms with Gasteiger partial charge in [0.25, 0.3) is 11.4 Å². The van der Waals surface area contributed by atoms with E-state index in [1.165, 1.54) is 12.3 Å². The highest BCUT2D eigenvalue weighted by Gasteiger charge is 2.55. The molecule has 12 nitrogen and oxygen atoms in total. The fourth-order valence-corrected chi connectivity index (χ4v) is 8.23. The number of anilines is 1. The van der Waals surface area contributed by atoms with Crippen molar-refractivity contribution in [3.8, 4) is 5.88 Å². The highest BCUT2D eigenvalue weighted by atomic mass is 28.4. The fraction of sp³-hybridized carbons (Fsp3) is 0.697. The number of hydrogen-bond donors (Lipinski definition) is 1. The topological polar surface area (TPSA) is 138 Å². The van der Waals surface area contributed by atoms with Gasteiger partial charge in [-0.2, -0.15) is 9.97 Å². The number of fused-ring (bicyclic) bond motifs is 1. The lowest BCUT2D eigenvalue weighted by molar-refractivity contribution is -0.0470. The van der Waals surface area contributed by atoms with Crippen LogP contribution in [0, 0.1) is 0 Å². The van der Waals surface area contributed by atoms with Crippen LogP contribution in [0.25, 0.3) is 11.2 Å². The Bertz CT molecular complexity index is 1650. The van der Waals surface area contributed by atoms with Crippen LogP contribution in [0.4, 0.5) is 5.95 Å².